The SMILES string of the molecule is Cc1ccc(S(=O)(=O)N2CC3CC2CN3CCCN2CCCCC2)cc1.O=C(O)/C=C\C(=O)O.O=C(O)/C=C\C(=O)O. The number of sulfonamides is 1. The van der Waals surface area contributed by atoms with E-state index < -0.39 is 33.9 Å². The molecule has 0 aromatic heterocycles. The minimum Gasteiger partial charge on any atom is -0.478 e. The van der Waals surface area contributed by atoms with Gasteiger partial charge < -0.3 is 25.3 Å². The second-order valence-corrected chi connectivity index (χ2v) is 12.1. The number of piperazine rings is 1. The predicted molar refractivity (Wildman–Crippen MR) is 153 cm³/mol. The number of fused-ring (bicyclic) bond motifs is 2. The molecule has 4 N–H and O–H groups in total. The number of aliphatic carboxylic acids is 4. The minimum absolute atomic E-state index is 0.154. The Balaban J connectivity index is 0.000000319. The fourth-order valence-corrected chi connectivity index (χ4v) is 6.76. The number of benzene rings is 1. The number of piperidine rings is 1. The Bertz CT molecular complexity index is 1170. The first-order valence-electron chi connectivity index (χ1n) is 13.6. The Hall–Kier alpha value is -3.59. The van der Waals surface area contributed by atoms with Gasteiger partial charge in [-0.15, -0.1) is 0 Å². The molecule has 3 heterocycles. The van der Waals surface area contributed by atoms with E-state index in [2.05, 4.69) is 9.80 Å². The molecule has 13 nitrogen and oxygen atoms in total. The molecule has 0 aliphatic carbocycles. The highest BCUT2D eigenvalue weighted by atomic mass is 32.2. The van der Waals surface area contributed by atoms with E-state index in [9.17, 15) is 27.6 Å². The molecule has 2 bridgehead atoms. The molecule has 0 radical (unpaired) electrons. The van der Waals surface area contributed by atoms with Crippen LogP contribution in [-0.4, -0.2) is 118 Å². The van der Waals surface area contributed by atoms with Gasteiger partial charge >= 0.3 is 23.9 Å². The molecule has 3 saturated heterocycles. The molecule has 4 rings (SSSR count). The zero-order valence-electron chi connectivity index (χ0n) is 23.5. The molecule has 0 spiro atoms. The van der Waals surface area contributed by atoms with Gasteiger partial charge in [-0.05, 0) is 70.9 Å². The van der Waals surface area contributed by atoms with Crippen LogP contribution < -0.4 is 0 Å². The van der Waals surface area contributed by atoms with Crippen LogP contribution in [0.25, 0.3) is 0 Å². The maximum Gasteiger partial charge on any atom is 0.328 e. The van der Waals surface area contributed by atoms with Crippen molar-refractivity contribution in [3.8, 4) is 0 Å². The average molecular weight is 610 g/mol. The van der Waals surface area contributed by atoms with Gasteiger partial charge in [0, 0.05) is 49.5 Å². The van der Waals surface area contributed by atoms with Crippen LogP contribution in [0.2, 0.25) is 0 Å². The second-order valence-electron chi connectivity index (χ2n) is 10.2. The van der Waals surface area contributed by atoms with Crippen LogP contribution in [-0.2, 0) is 29.2 Å². The van der Waals surface area contributed by atoms with E-state index >= 15 is 0 Å². The van der Waals surface area contributed by atoms with Gasteiger partial charge in [-0.1, -0.05) is 24.1 Å². The van der Waals surface area contributed by atoms with Gasteiger partial charge in [0.1, 0.15) is 0 Å². The van der Waals surface area contributed by atoms with Gasteiger partial charge in [-0.3, -0.25) is 4.90 Å². The highest BCUT2D eigenvalue weighted by Crippen LogP contribution is 2.35. The van der Waals surface area contributed by atoms with Crippen LogP contribution in [0, 0.1) is 6.92 Å². The van der Waals surface area contributed by atoms with Crippen LogP contribution in [0.15, 0.2) is 53.5 Å². The van der Waals surface area contributed by atoms with E-state index in [1.807, 2.05) is 19.1 Å². The van der Waals surface area contributed by atoms with E-state index in [1.54, 1.807) is 16.4 Å². The second kappa shape index (κ2) is 16.8. The summed E-state index contributed by atoms with van der Waals surface area (Å²) in [4.78, 5) is 43.8. The lowest BCUT2D eigenvalue weighted by Crippen LogP contribution is -2.49. The van der Waals surface area contributed by atoms with Crippen molar-refractivity contribution in [2.24, 2.45) is 0 Å². The number of hydrogen-bond donors (Lipinski definition) is 4. The van der Waals surface area contributed by atoms with Crippen molar-refractivity contribution in [1.29, 1.82) is 0 Å². The highest BCUT2D eigenvalue weighted by molar-refractivity contribution is 7.89. The quantitative estimate of drug-likeness (QED) is 0.281. The summed E-state index contributed by atoms with van der Waals surface area (Å²) in [5.74, 6) is -5.03. The van der Waals surface area contributed by atoms with Crippen molar-refractivity contribution in [2.45, 2.75) is 56.0 Å². The Morgan fingerprint density at radius 2 is 1.26 bits per heavy atom. The first-order valence-corrected chi connectivity index (χ1v) is 15.1. The normalized spacial score (nSPS) is 21.0. The molecular weight excluding hydrogens is 570 g/mol. The largest absolute Gasteiger partial charge is 0.478 e. The van der Waals surface area contributed by atoms with Crippen LogP contribution >= 0.6 is 0 Å². The summed E-state index contributed by atoms with van der Waals surface area (Å²) < 4.78 is 27.7. The number of carbonyl (C=O) groups is 4. The Morgan fingerprint density at radius 1 is 0.762 bits per heavy atom. The third-order valence-electron chi connectivity index (χ3n) is 7.04. The third-order valence-corrected chi connectivity index (χ3v) is 8.97. The molecule has 42 heavy (non-hydrogen) atoms. The van der Waals surface area contributed by atoms with Gasteiger partial charge in [0.2, 0.25) is 10.0 Å². The van der Waals surface area contributed by atoms with Crippen molar-refractivity contribution in [1.82, 2.24) is 14.1 Å². The Kier molecular flexibility index (Phi) is 13.8. The summed E-state index contributed by atoms with van der Waals surface area (Å²) in [6, 6.07) is 7.81. The smallest absolute Gasteiger partial charge is 0.328 e. The van der Waals surface area contributed by atoms with Gasteiger partial charge in [-0.2, -0.15) is 4.31 Å². The number of rotatable bonds is 10. The number of carboxylic acid groups (broad SMARTS) is 4. The van der Waals surface area contributed by atoms with Crippen LogP contribution in [0.3, 0.4) is 0 Å². The van der Waals surface area contributed by atoms with E-state index in [1.165, 1.54) is 45.3 Å². The molecule has 0 amide bonds. The topological polar surface area (TPSA) is 193 Å². The number of aryl methyl sites for hydroxylation is 1. The number of nitrogens with zero attached hydrogens (tertiary/aromatic N) is 3. The summed E-state index contributed by atoms with van der Waals surface area (Å²) >= 11 is 0. The summed E-state index contributed by atoms with van der Waals surface area (Å²) in [6.07, 6.45) is 8.51. The molecule has 2 unspecified atom stereocenters. The van der Waals surface area contributed by atoms with Crippen LogP contribution in [0.4, 0.5) is 0 Å². The minimum atomic E-state index is -3.35. The maximum absolute atomic E-state index is 13.0. The standard InChI is InChI=1S/C20H31N3O2S.2C4H4O4/c1-17-6-8-20(9-7-17)26(24,25)23-16-18-14-19(23)15-22(18)13-5-12-21-10-3-2-4-11-21;2*5-3(6)1-2-4(7)8/h6-9,18-19H,2-5,10-16H2,1H3;2*1-2H,(H,5,6)(H,7,8)/b;2*2-1-. The molecule has 3 fully saturated rings. The zero-order valence-corrected chi connectivity index (χ0v) is 24.4. The zero-order chi connectivity index (χ0) is 31.3. The van der Waals surface area contributed by atoms with Gasteiger partial charge in [0.05, 0.1) is 4.90 Å². The van der Waals surface area contributed by atoms with Crippen molar-refractivity contribution in [2.75, 3.05) is 39.3 Å². The third kappa shape index (κ3) is 11.7. The molecule has 3 aliphatic rings. The van der Waals surface area contributed by atoms with Crippen molar-refractivity contribution < 1.29 is 48.0 Å². The maximum atomic E-state index is 13.0. The van der Waals surface area contributed by atoms with Gasteiger partial charge in [0.15, 0.2) is 0 Å². The Morgan fingerprint density at radius 3 is 1.69 bits per heavy atom. The molecule has 14 heteroatoms. The number of hydrogen-bond acceptors (Lipinski definition) is 8. The molecule has 232 valence electrons. The fourth-order valence-electron chi connectivity index (χ4n) is 5.09. The lowest BCUT2D eigenvalue weighted by molar-refractivity contribution is -0.134. The number of carboxylic acids is 4. The van der Waals surface area contributed by atoms with Crippen LogP contribution in [0.1, 0.15) is 37.7 Å². The van der Waals surface area contributed by atoms with Crippen LogP contribution in [0.5, 0.6) is 0 Å². The fraction of sp³-hybridized carbons (Fsp3) is 0.500. The highest BCUT2D eigenvalue weighted by Gasteiger charge is 2.48. The summed E-state index contributed by atoms with van der Waals surface area (Å²) in [5, 5.41) is 31.2. The van der Waals surface area contributed by atoms with Gasteiger partial charge in [-0.25, -0.2) is 27.6 Å². The Labute approximate surface area is 245 Å². The lowest BCUT2D eigenvalue weighted by Gasteiger charge is -2.34. The lowest BCUT2D eigenvalue weighted by atomic mass is 10.1. The summed E-state index contributed by atoms with van der Waals surface area (Å²) in [7, 11) is -3.35. The molecule has 2 atom stereocenters. The van der Waals surface area contributed by atoms with E-state index in [4.69, 9.17) is 20.4 Å². The molecule has 1 aromatic rings. The monoisotopic (exact) mass is 609 g/mol. The molecule has 3 aliphatic heterocycles. The summed E-state index contributed by atoms with van der Waals surface area (Å²) in [5.41, 5.74) is 1.09. The average Bonchev–Trinajstić information content (AvgIpc) is 3.54. The molecular formula is C28H39N3O10S. The predicted octanol–water partition coefficient (Wildman–Crippen LogP) is 1.74. The number of likely N-dealkylation sites (tertiary alicyclic amines) is 2. The van der Waals surface area contributed by atoms with E-state index in [-0.39, 0.29) is 6.04 Å². The van der Waals surface area contributed by atoms with E-state index in [0.29, 0.717) is 41.8 Å². The van der Waals surface area contributed by atoms with Gasteiger partial charge in [0.25, 0.3) is 0 Å². The first-order chi connectivity index (χ1) is 19.8. The van der Waals surface area contributed by atoms with E-state index in [0.717, 1.165) is 25.1 Å². The summed E-state index contributed by atoms with van der Waals surface area (Å²) in [6.45, 7) is 8.36. The molecule has 1 aromatic carbocycles. The molecule has 0 saturated carbocycles. The first kappa shape index (κ1) is 34.6. The van der Waals surface area contributed by atoms with Crippen molar-refractivity contribution >= 4 is 33.9 Å². The van der Waals surface area contributed by atoms with Crippen molar-refractivity contribution in [3.05, 3.63) is 54.1 Å². The van der Waals surface area contributed by atoms with Crippen molar-refractivity contribution in [3.63, 3.8) is 0 Å².